The second-order valence-electron chi connectivity index (χ2n) is 4.17. The van der Waals surface area contributed by atoms with Gasteiger partial charge in [0, 0.05) is 32.9 Å². The summed E-state index contributed by atoms with van der Waals surface area (Å²) in [5, 5.41) is 5.59. The maximum Gasteiger partial charge on any atom is 0.407 e. The van der Waals surface area contributed by atoms with E-state index in [9.17, 15) is 4.79 Å². The highest BCUT2D eigenvalue weighted by molar-refractivity contribution is 5.67. The molecule has 1 aromatic rings. The van der Waals surface area contributed by atoms with Crippen LogP contribution in [0.3, 0.4) is 0 Å². The lowest BCUT2D eigenvalue weighted by Crippen LogP contribution is -2.30. The van der Waals surface area contributed by atoms with Crippen LogP contribution >= 0.6 is 0 Å². The van der Waals surface area contributed by atoms with Gasteiger partial charge in [-0.2, -0.15) is 0 Å². The number of nitrogens with one attached hydrogen (secondary N) is 2. The molecule has 0 saturated heterocycles. The molecule has 1 rings (SSSR count). The van der Waals surface area contributed by atoms with E-state index in [0.717, 1.165) is 17.8 Å². The van der Waals surface area contributed by atoms with Crippen LogP contribution in [-0.4, -0.2) is 40.3 Å². The molecular formula is C13H21N3O2. The quantitative estimate of drug-likeness (QED) is 0.746. The first-order chi connectivity index (χ1) is 8.63. The van der Waals surface area contributed by atoms with Gasteiger partial charge in [-0.3, -0.25) is 0 Å². The number of hydrogen-bond acceptors (Lipinski definition) is 4. The molecule has 100 valence electrons. The Bertz CT molecular complexity index is 363. The number of benzene rings is 1. The second kappa shape index (κ2) is 7.55. The van der Waals surface area contributed by atoms with Crippen LogP contribution in [0.15, 0.2) is 24.3 Å². The number of nitrogens with zero attached hydrogens (tertiary/aromatic N) is 1. The molecule has 0 radical (unpaired) electrons. The van der Waals surface area contributed by atoms with Crippen LogP contribution in [0.4, 0.5) is 10.5 Å². The molecule has 0 aliphatic rings. The summed E-state index contributed by atoms with van der Waals surface area (Å²) in [5.41, 5.74) is 2.10. The van der Waals surface area contributed by atoms with E-state index in [1.165, 1.54) is 0 Å². The van der Waals surface area contributed by atoms with Crippen molar-refractivity contribution in [1.82, 2.24) is 10.6 Å². The summed E-state index contributed by atoms with van der Waals surface area (Å²) in [6, 6.07) is 7.90. The van der Waals surface area contributed by atoms with Crippen LogP contribution in [-0.2, 0) is 11.3 Å². The fourth-order valence-corrected chi connectivity index (χ4v) is 1.38. The summed E-state index contributed by atoms with van der Waals surface area (Å²) in [6.45, 7) is 1.58. The van der Waals surface area contributed by atoms with E-state index in [0.29, 0.717) is 13.2 Å². The maximum absolute atomic E-state index is 11.3. The van der Waals surface area contributed by atoms with Gasteiger partial charge in [0.25, 0.3) is 0 Å². The van der Waals surface area contributed by atoms with E-state index in [2.05, 4.69) is 10.6 Å². The Morgan fingerprint density at radius 3 is 2.44 bits per heavy atom. The Balaban J connectivity index is 2.32. The van der Waals surface area contributed by atoms with Gasteiger partial charge < -0.3 is 20.3 Å². The third-order valence-corrected chi connectivity index (χ3v) is 2.47. The van der Waals surface area contributed by atoms with Gasteiger partial charge in [0.15, 0.2) is 0 Å². The number of ether oxygens (including phenoxy) is 1. The molecule has 5 nitrogen and oxygen atoms in total. The van der Waals surface area contributed by atoms with Gasteiger partial charge in [-0.1, -0.05) is 12.1 Å². The van der Waals surface area contributed by atoms with Crippen molar-refractivity contribution >= 4 is 11.8 Å². The minimum absolute atomic E-state index is 0.291. The topological polar surface area (TPSA) is 53.6 Å². The van der Waals surface area contributed by atoms with E-state index < -0.39 is 0 Å². The van der Waals surface area contributed by atoms with E-state index in [-0.39, 0.29) is 6.09 Å². The molecule has 0 unspecified atom stereocenters. The zero-order valence-electron chi connectivity index (χ0n) is 11.2. The Labute approximate surface area is 108 Å². The molecule has 0 heterocycles. The molecule has 0 atom stereocenters. The van der Waals surface area contributed by atoms with Gasteiger partial charge in [-0.25, -0.2) is 4.79 Å². The summed E-state index contributed by atoms with van der Waals surface area (Å²) in [7, 11) is 5.81. The third kappa shape index (κ3) is 5.05. The largest absolute Gasteiger partial charge is 0.445 e. The van der Waals surface area contributed by atoms with Gasteiger partial charge in [0.2, 0.25) is 0 Å². The molecule has 1 amide bonds. The van der Waals surface area contributed by atoms with Crippen LogP contribution in [0.25, 0.3) is 0 Å². The maximum atomic E-state index is 11.3. The highest BCUT2D eigenvalue weighted by Gasteiger charge is 2.02. The number of carbonyl (C=O) groups excluding carboxylic acids is 1. The average molecular weight is 251 g/mol. The molecule has 18 heavy (non-hydrogen) atoms. The van der Waals surface area contributed by atoms with Gasteiger partial charge in [-0.05, 0) is 24.7 Å². The SMILES string of the molecule is CNCCNC(=O)OCc1ccc(N(C)C)cc1. The summed E-state index contributed by atoms with van der Waals surface area (Å²) in [5.74, 6) is 0. The summed E-state index contributed by atoms with van der Waals surface area (Å²) >= 11 is 0. The molecule has 2 N–H and O–H groups in total. The summed E-state index contributed by atoms with van der Waals surface area (Å²) in [4.78, 5) is 13.3. The van der Waals surface area contributed by atoms with Crippen LogP contribution < -0.4 is 15.5 Å². The monoisotopic (exact) mass is 251 g/mol. The molecule has 0 bridgehead atoms. The van der Waals surface area contributed by atoms with Crippen molar-refractivity contribution in [2.24, 2.45) is 0 Å². The van der Waals surface area contributed by atoms with Gasteiger partial charge in [0.1, 0.15) is 6.61 Å². The fourth-order valence-electron chi connectivity index (χ4n) is 1.38. The molecule has 1 aromatic carbocycles. The number of hydrogen-bond donors (Lipinski definition) is 2. The number of likely N-dealkylation sites (N-methyl/N-ethyl adjacent to an activating group) is 1. The van der Waals surface area contributed by atoms with E-state index >= 15 is 0 Å². The molecule has 0 spiro atoms. The van der Waals surface area contributed by atoms with E-state index in [1.807, 2.05) is 50.3 Å². The Hall–Kier alpha value is -1.75. The fraction of sp³-hybridized carbons (Fsp3) is 0.462. The molecule has 0 fully saturated rings. The molecule has 0 aliphatic carbocycles. The van der Waals surface area contributed by atoms with Crippen molar-refractivity contribution < 1.29 is 9.53 Å². The Kier molecular flexibility index (Phi) is 6.00. The van der Waals surface area contributed by atoms with Crippen LogP contribution in [0.2, 0.25) is 0 Å². The number of carbonyl (C=O) groups is 1. The molecule has 0 saturated carbocycles. The van der Waals surface area contributed by atoms with Crippen molar-refractivity contribution in [3.63, 3.8) is 0 Å². The summed E-state index contributed by atoms with van der Waals surface area (Å²) < 4.78 is 5.08. The number of amides is 1. The first kappa shape index (κ1) is 14.3. The predicted molar refractivity (Wildman–Crippen MR) is 72.9 cm³/mol. The number of rotatable bonds is 6. The minimum Gasteiger partial charge on any atom is -0.445 e. The van der Waals surface area contributed by atoms with E-state index in [4.69, 9.17) is 4.74 Å². The van der Waals surface area contributed by atoms with Crippen molar-refractivity contribution in [1.29, 1.82) is 0 Å². The summed E-state index contributed by atoms with van der Waals surface area (Å²) in [6.07, 6.45) is -0.387. The molecule has 0 aromatic heterocycles. The molecule has 0 aliphatic heterocycles. The smallest absolute Gasteiger partial charge is 0.407 e. The standard InChI is InChI=1S/C13H21N3O2/c1-14-8-9-15-13(17)18-10-11-4-6-12(7-5-11)16(2)3/h4-7,14H,8-10H2,1-3H3,(H,15,17). The van der Waals surface area contributed by atoms with E-state index in [1.54, 1.807) is 0 Å². The third-order valence-electron chi connectivity index (χ3n) is 2.47. The first-order valence-corrected chi connectivity index (χ1v) is 5.95. The lowest BCUT2D eigenvalue weighted by molar-refractivity contribution is 0.140. The minimum atomic E-state index is -0.387. The number of alkyl carbamates (subject to hydrolysis) is 1. The highest BCUT2D eigenvalue weighted by Crippen LogP contribution is 2.12. The van der Waals surface area contributed by atoms with Crippen LogP contribution in [0.5, 0.6) is 0 Å². The lowest BCUT2D eigenvalue weighted by atomic mass is 10.2. The highest BCUT2D eigenvalue weighted by atomic mass is 16.5. The predicted octanol–water partition coefficient (Wildman–Crippen LogP) is 1.20. The molecular weight excluding hydrogens is 230 g/mol. The zero-order valence-corrected chi connectivity index (χ0v) is 11.2. The lowest BCUT2D eigenvalue weighted by Gasteiger charge is -2.12. The average Bonchev–Trinajstić information content (AvgIpc) is 2.37. The number of anilines is 1. The van der Waals surface area contributed by atoms with Crippen LogP contribution in [0.1, 0.15) is 5.56 Å². The normalized spacial score (nSPS) is 9.94. The van der Waals surface area contributed by atoms with Crippen molar-refractivity contribution in [2.75, 3.05) is 39.1 Å². The van der Waals surface area contributed by atoms with Crippen molar-refractivity contribution in [3.05, 3.63) is 29.8 Å². The van der Waals surface area contributed by atoms with Gasteiger partial charge in [0.05, 0.1) is 0 Å². The van der Waals surface area contributed by atoms with Crippen LogP contribution in [0, 0.1) is 0 Å². The molecule has 5 heteroatoms. The Morgan fingerprint density at radius 2 is 1.89 bits per heavy atom. The van der Waals surface area contributed by atoms with Crippen molar-refractivity contribution in [3.8, 4) is 0 Å². The second-order valence-corrected chi connectivity index (χ2v) is 4.17. The van der Waals surface area contributed by atoms with Gasteiger partial charge >= 0.3 is 6.09 Å². The van der Waals surface area contributed by atoms with Crippen molar-refractivity contribution in [2.45, 2.75) is 6.61 Å². The zero-order chi connectivity index (χ0) is 13.4. The first-order valence-electron chi connectivity index (χ1n) is 5.95. The Morgan fingerprint density at radius 1 is 1.22 bits per heavy atom. The van der Waals surface area contributed by atoms with Gasteiger partial charge in [-0.15, -0.1) is 0 Å².